The predicted octanol–water partition coefficient (Wildman–Crippen LogP) is 2.81. The summed E-state index contributed by atoms with van der Waals surface area (Å²) in [6.07, 6.45) is 8.43. The van der Waals surface area contributed by atoms with E-state index >= 15 is 0 Å². The number of carbonyl (C=O) groups is 2. The lowest BCUT2D eigenvalue weighted by Crippen LogP contribution is -2.18. The molecule has 0 aromatic carbocycles. The van der Waals surface area contributed by atoms with E-state index in [9.17, 15) is 9.59 Å². The van der Waals surface area contributed by atoms with E-state index < -0.39 is 0 Å². The van der Waals surface area contributed by atoms with Crippen molar-refractivity contribution in [2.24, 2.45) is 0 Å². The highest BCUT2D eigenvalue weighted by Crippen LogP contribution is 1.97. The molecule has 0 atom stereocenters. The molecule has 1 heterocycles. The Morgan fingerprint density at radius 2 is 1.33 bits per heavy atom. The molecule has 4 nitrogen and oxygen atoms in total. The first-order valence-electron chi connectivity index (χ1n) is 7.11. The van der Waals surface area contributed by atoms with Gasteiger partial charge in [0, 0.05) is 26.1 Å². The number of amides is 2. The topological polar surface area (TPSA) is 55.4 Å². The molecule has 1 aliphatic rings. The lowest BCUT2D eigenvalue weighted by Gasteiger charge is -2.01. The number of unbranched alkanes of at least 4 members (excludes halogenated alkanes) is 4. The van der Waals surface area contributed by atoms with E-state index in [4.69, 9.17) is 4.74 Å². The second kappa shape index (κ2) is 12.6. The second-order valence-corrected chi connectivity index (χ2v) is 4.50. The van der Waals surface area contributed by atoms with Crippen molar-refractivity contribution < 1.29 is 14.3 Å². The van der Waals surface area contributed by atoms with Crippen LogP contribution in [0.15, 0.2) is 0 Å². The minimum absolute atomic E-state index is 0.148. The maximum atomic E-state index is 10.1. The molecular weight excluding hydrogens is 230 g/mol. The highest BCUT2D eigenvalue weighted by molar-refractivity contribution is 6.01. The summed E-state index contributed by atoms with van der Waals surface area (Å²) < 4.78 is 5.44. The van der Waals surface area contributed by atoms with Gasteiger partial charge in [0.2, 0.25) is 11.8 Å². The Morgan fingerprint density at radius 1 is 0.889 bits per heavy atom. The largest absolute Gasteiger partial charge is 0.381 e. The summed E-state index contributed by atoms with van der Waals surface area (Å²) in [5, 5.41) is 2.14. The van der Waals surface area contributed by atoms with Gasteiger partial charge in [0.1, 0.15) is 0 Å². The monoisotopic (exact) mass is 257 g/mol. The molecule has 0 radical (unpaired) electrons. The molecule has 4 heteroatoms. The zero-order valence-corrected chi connectivity index (χ0v) is 11.8. The zero-order valence-electron chi connectivity index (χ0n) is 11.8. The van der Waals surface area contributed by atoms with Gasteiger partial charge in [0.15, 0.2) is 0 Å². The van der Waals surface area contributed by atoms with E-state index in [0.29, 0.717) is 12.8 Å². The van der Waals surface area contributed by atoms with E-state index in [1.54, 1.807) is 0 Å². The smallest absolute Gasteiger partial charge is 0.227 e. The summed E-state index contributed by atoms with van der Waals surface area (Å²) in [7, 11) is 0. The highest BCUT2D eigenvalue weighted by atomic mass is 16.5. The van der Waals surface area contributed by atoms with Crippen molar-refractivity contribution in [1.29, 1.82) is 0 Å². The zero-order chi connectivity index (χ0) is 13.6. The van der Waals surface area contributed by atoms with E-state index in [1.165, 1.54) is 38.5 Å². The van der Waals surface area contributed by atoms with Crippen LogP contribution in [0.4, 0.5) is 0 Å². The molecule has 2 amide bonds. The van der Waals surface area contributed by atoms with Crippen molar-refractivity contribution in [3.63, 3.8) is 0 Å². The Hall–Kier alpha value is -0.900. The van der Waals surface area contributed by atoms with Gasteiger partial charge in [0.05, 0.1) is 0 Å². The number of ether oxygens (including phenoxy) is 1. The third-order valence-corrected chi connectivity index (χ3v) is 2.64. The van der Waals surface area contributed by atoms with Gasteiger partial charge in [0.25, 0.3) is 0 Å². The van der Waals surface area contributed by atoms with Crippen LogP contribution in [-0.4, -0.2) is 25.0 Å². The van der Waals surface area contributed by atoms with Crippen molar-refractivity contribution in [2.75, 3.05) is 13.2 Å². The quantitative estimate of drug-likeness (QED) is 0.537. The Labute approximate surface area is 110 Å². The number of rotatable bonds is 8. The molecule has 0 aromatic heterocycles. The molecule has 0 saturated carbocycles. The van der Waals surface area contributed by atoms with Crippen LogP contribution >= 0.6 is 0 Å². The summed E-state index contributed by atoms with van der Waals surface area (Å²) in [5.74, 6) is -0.296. The average molecular weight is 257 g/mol. The number of imide groups is 1. The lowest BCUT2D eigenvalue weighted by atomic mass is 10.2. The van der Waals surface area contributed by atoms with Crippen LogP contribution in [0.2, 0.25) is 0 Å². The Kier molecular flexibility index (Phi) is 11.9. The summed E-state index contributed by atoms with van der Waals surface area (Å²) in [5.41, 5.74) is 0. The van der Waals surface area contributed by atoms with E-state index in [1.807, 2.05) is 0 Å². The molecule has 0 aliphatic carbocycles. The molecule has 1 aliphatic heterocycles. The maximum Gasteiger partial charge on any atom is 0.227 e. The molecule has 1 rings (SSSR count). The molecule has 0 spiro atoms. The SMILES string of the molecule is CCCCCOCCCCC.O=C1CCC(=O)N1. The molecule has 0 bridgehead atoms. The van der Waals surface area contributed by atoms with E-state index in [2.05, 4.69) is 19.2 Å². The third-order valence-electron chi connectivity index (χ3n) is 2.64. The Balaban J connectivity index is 0.000000351. The third kappa shape index (κ3) is 11.6. The van der Waals surface area contributed by atoms with Gasteiger partial charge in [-0.15, -0.1) is 0 Å². The number of carbonyl (C=O) groups excluding carboxylic acids is 2. The van der Waals surface area contributed by atoms with Gasteiger partial charge in [-0.3, -0.25) is 14.9 Å². The predicted molar refractivity (Wildman–Crippen MR) is 72.3 cm³/mol. The van der Waals surface area contributed by atoms with Gasteiger partial charge in [-0.1, -0.05) is 39.5 Å². The van der Waals surface area contributed by atoms with Crippen LogP contribution in [0.1, 0.15) is 65.2 Å². The van der Waals surface area contributed by atoms with Crippen molar-refractivity contribution in [2.45, 2.75) is 65.2 Å². The lowest BCUT2D eigenvalue weighted by molar-refractivity contribution is -0.124. The number of hydrogen-bond acceptors (Lipinski definition) is 3. The van der Waals surface area contributed by atoms with Gasteiger partial charge in [-0.25, -0.2) is 0 Å². The minimum atomic E-state index is -0.148. The van der Waals surface area contributed by atoms with Crippen LogP contribution in [0.3, 0.4) is 0 Å². The first-order chi connectivity index (χ1) is 8.70. The fourth-order valence-electron chi connectivity index (χ4n) is 1.52. The number of nitrogens with one attached hydrogen (secondary N) is 1. The van der Waals surface area contributed by atoms with Gasteiger partial charge < -0.3 is 4.74 Å². The van der Waals surface area contributed by atoms with Crippen LogP contribution in [-0.2, 0) is 14.3 Å². The summed E-state index contributed by atoms with van der Waals surface area (Å²) in [4.78, 5) is 20.2. The average Bonchev–Trinajstić information content (AvgIpc) is 2.73. The maximum absolute atomic E-state index is 10.1. The molecule has 0 unspecified atom stereocenters. The normalized spacial score (nSPS) is 14.1. The first kappa shape index (κ1) is 17.1. The molecule has 0 aromatic rings. The van der Waals surface area contributed by atoms with Crippen molar-refractivity contribution >= 4 is 11.8 Å². The van der Waals surface area contributed by atoms with Gasteiger partial charge >= 0.3 is 0 Å². The Morgan fingerprint density at radius 3 is 1.61 bits per heavy atom. The summed E-state index contributed by atoms with van der Waals surface area (Å²) in [6, 6.07) is 0. The van der Waals surface area contributed by atoms with Crippen LogP contribution < -0.4 is 5.32 Å². The summed E-state index contributed by atoms with van der Waals surface area (Å²) >= 11 is 0. The molecule has 106 valence electrons. The number of hydrogen-bond donors (Lipinski definition) is 1. The molecule has 1 fully saturated rings. The second-order valence-electron chi connectivity index (χ2n) is 4.50. The van der Waals surface area contributed by atoms with Crippen LogP contribution in [0, 0.1) is 0 Å². The molecule has 1 saturated heterocycles. The van der Waals surface area contributed by atoms with Crippen LogP contribution in [0.5, 0.6) is 0 Å². The van der Waals surface area contributed by atoms with Crippen LogP contribution in [0.25, 0.3) is 0 Å². The van der Waals surface area contributed by atoms with Gasteiger partial charge in [-0.2, -0.15) is 0 Å². The first-order valence-corrected chi connectivity index (χ1v) is 7.11. The van der Waals surface area contributed by atoms with E-state index in [-0.39, 0.29) is 11.8 Å². The highest BCUT2D eigenvalue weighted by Gasteiger charge is 2.15. The standard InChI is InChI=1S/C10H22O.C4H5NO2/c1-3-5-7-9-11-10-8-6-4-2;6-3-1-2-4(7)5-3/h3-10H2,1-2H3;1-2H2,(H,5,6,7). The molecule has 1 N–H and O–H groups in total. The van der Waals surface area contributed by atoms with E-state index in [0.717, 1.165) is 13.2 Å². The van der Waals surface area contributed by atoms with Gasteiger partial charge in [-0.05, 0) is 12.8 Å². The fraction of sp³-hybridized carbons (Fsp3) is 0.857. The molecular formula is C14H27NO3. The summed E-state index contributed by atoms with van der Waals surface area (Å²) in [6.45, 7) is 6.38. The molecule has 18 heavy (non-hydrogen) atoms. The fourth-order valence-corrected chi connectivity index (χ4v) is 1.52. The Bertz CT molecular complexity index is 207. The van der Waals surface area contributed by atoms with Crippen molar-refractivity contribution in [3.8, 4) is 0 Å². The minimum Gasteiger partial charge on any atom is -0.381 e. The van der Waals surface area contributed by atoms with Crippen molar-refractivity contribution in [3.05, 3.63) is 0 Å². The van der Waals surface area contributed by atoms with Crippen molar-refractivity contribution in [1.82, 2.24) is 5.32 Å².